The Morgan fingerprint density at radius 2 is 0.900 bits per heavy atom. The number of hydrogen-bond donors (Lipinski definition) is 0. The molecule has 1 aliphatic rings. The van der Waals surface area contributed by atoms with Crippen LogP contribution in [0.4, 0.5) is 0 Å². The van der Waals surface area contributed by atoms with Gasteiger partial charge in [0.05, 0.1) is 0 Å². The molecule has 0 nitrogen and oxygen atoms in total. The summed E-state index contributed by atoms with van der Waals surface area (Å²) in [6.45, 7) is 7.02. The zero-order chi connectivity index (χ0) is 28.8. The van der Waals surface area contributed by atoms with Gasteiger partial charge < -0.3 is 0 Å². The maximum atomic E-state index is 2.82. The first-order chi connectivity index (χ1) is 19.3. The molecule has 0 amide bonds. The van der Waals surface area contributed by atoms with Crippen LogP contribution in [0, 0.1) is 6.92 Å². The van der Waals surface area contributed by atoms with Crippen LogP contribution >= 0.6 is 22.7 Å². The van der Waals surface area contributed by atoms with Crippen LogP contribution in [-0.4, -0.2) is 26.5 Å². The standard InChI is InChI=1S/C33H55S2Si.3CH3.Sn/c1-4-6-8-10-12-14-16-18-20-22-26-36(27-23-21-19-17-15-13-11-9-7-5-2)30-24-25-34-32(30)33-31(36)28-29(3)35-33;;;;/h24,28H,4-23,26-27H2,1-3H3;3*1H3;. The Bertz CT molecular complexity index is 942. The Kier molecular flexibility index (Phi) is 15.9. The Hall–Kier alpha value is 0.416. The molecule has 0 aliphatic carbocycles. The van der Waals surface area contributed by atoms with Crippen molar-refractivity contribution in [3.63, 3.8) is 0 Å². The van der Waals surface area contributed by atoms with Crippen LogP contribution < -0.4 is 13.3 Å². The molecule has 0 atom stereocenters. The van der Waals surface area contributed by atoms with Crippen molar-refractivity contribution in [1.29, 1.82) is 0 Å². The molecule has 3 rings (SSSR count). The van der Waals surface area contributed by atoms with E-state index in [0.717, 1.165) is 0 Å². The van der Waals surface area contributed by atoms with Crippen molar-refractivity contribution in [2.45, 2.75) is 176 Å². The van der Waals surface area contributed by atoms with Gasteiger partial charge in [-0.2, -0.15) is 0 Å². The first kappa shape index (κ1) is 34.9. The predicted octanol–water partition coefficient (Wildman–Crippen LogP) is 12.0. The average Bonchev–Trinajstić information content (AvgIpc) is 3.59. The van der Waals surface area contributed by atoms with E-state index in [1.807, 2.05) is 13.3 Å². The first-order valence-corrected chi connectivity index (χ1v) is 31.6. The first-order valence-electron chi connectivity index (χ1n) is 17.6. The Balaban J connectivity index is 1.61. The number of thiophene rings is 2. The predicted molar refractivity (Wildman–Crippen MR) is 194 cm³/mol. The summed E-state index contributed by atoms with van der Waals surface area (Å²) in [4.78, 5) is 12.9. The average molecular weight is 708 g/mol. The van der Waals surface area contributed by atoms with Crippen LogP contribution in [0.25, 0.3) is 9.75 Å². The van der Waals surface area contributed by atoms with Gasteiger partial charge in [-0.3, -0.25) is 0 Å². The van der Waals surface area contributed by atoms with Crippen LogP contribution in [0.2, 0.25) is 26.9 Å². The van der Waals surface area contributed by atoms with Crippen molar-refractivity contribution in [3.8, 4) is 9.75 Å². The Morgan fingerprint density at radius 3 is 1.32 bits per heavy atom. The molecule has 4 heteroatoms. The molecule has 2 aromatic heterocycles. The number of unbranched alkanes of at least 4 members (excludes halogenated alkanes) is 18. The summed E-state index contributed by atoms with van der Waals surface area (Å²) in [6, 6.07) is 8.53. The fraction of sp³-hybridized carbons (Fsp3) is 0.778. The minimum absolute atomic E-state index is 1.36. The van der Waals surface area contributed by atoms with E-state index < -0.39 is 26.5 Å². The van der Waals surface area contributed by atoms with Gasteiger partial charge in [-0.1, -0.05) is 52.4 Å². The molecule has 0 bridgehead atoms. The molecule has 40 heavy (non-hydrogen) atoms. The van der Waals surface area contributed by atoms with E-state index in [1.54, 1.807) is 14.6 Å². The van der Waals surface area contributed by atoms with E-state index in [1.165, 1.54) is 141 Å². The van der Waals surface area contributed by atoms with E-state index in [9.17, 15) is 0 Å². The van der Waals surface area contributed by atoms with Gasteiger partial charge in [-0.15, -0.1) is 0 Å². The monoisotopic (exact) mass is 708 g/mol. The maximum absolute atomic E-state index is 2.82. The molecule has 0 N–H and O–H groups in total. The van der Waals surface area contributed by atoms with Crippen LogP contribution in [0.15, 0.2) is 12.1 Å². The van der Waals surface area contributed by atoms with Gasteiger partial charge in [-0.05, 0) is 0 Å². The third-order valence-corrected chi connectivity index (χ3v) is 26.9. The topological polar surface area (TPSA) is 0 Å². The summed E-state index contributed by atoms with van der Waals surface area (Å²) in [5.41, 5.74) is 0. The van der Waals surface area contributed by atoms with Gasteiger partial charge in [0.25, 0.3) is 0 Å². The van der Waals surface area contributed by atoms with E-state index in [4.69, 9.17) is 0 Å². The third kappa shape index (κ3) is 10.3. The molecule has 0 saturated heterocycles. The number of hydrogen-bond acceptors (Lipinski definition) is 2. The summed E-state index contributed by atoms with van der Waals surface area (Å²) in [6.07, 6.45) is 29.0. The molecule has 0 spiro atoms. The van der Waals surface area contributed by atoms with E-state index in [2.05, 4.69) is 70.4 Å². The molecule has 0 fully saturated rings. The SMILES string of the molecule is CCCCCCCCCCCC[Si]1(CCCCCCCCCCCC)c2cc(C)sc2-c2s[c]([Sn]([CH3])([CH3])[CH3])cc21. The van der Waals surface area contributed by atoms with Crippen molar-refractivity contribution in [2.75, 3.05) is 0 Å². The van der Waals surface area contributed by atoms with E-state index in [-0.39, 0.29) is 0 Å². The molecule has 0 unspecified atom stereocenters. The van der Waals surface area contributed by atoms with Gasteiger partial charge in [0.1, 0.15) is 0 Å². The second kappa shape index (κ2) is 18.3. The summed E-state index contributed by atoms with van der Waals surface area (Å²) >= 11 is 2.29. The molecular formula is C36H64S2SiSn. The van der Waals surface area contributed by atoms with Crippen molar-refractivity contribution in [2.24, 2.45) is 0 Å². The summed E-state index contributed by atoms with van der Waals surface area (Å²) in [5.74, 6) is 0. The molecule has 1 aliphatic heterocycles. The fourth-order valence-electron chi connectivity index (χ4n) is 6.96. The number of rotatable bonds is 23. The van der Waals surface area contributed by atoms with Crippen LogP contribution in [0.3, 0.4) is 0 Å². The molecular weight excluding hydrogens is 643 g/mol. The van der Waals surface area contributed by atoms with Crippen molar-refractivity contribution < 1.29 is 0 Å². The van der Waals surface area contributed by atoms with Crippen LogP contribution in [-0.2, 0) is 0 Å². The Morgan fingerprint density at radius 1 is 0.525 bits per heavy atom. The van der Waals surface area contributed by atoms with Gasteiger partial charge in [0.15, 0.2) is 0 Å². The molecule has 3 heterocycles. The second-order valence-electron chi connectivity index (χ2n) is 14.1. The Labute approximate surface area is 263 Å². The summed E-state index contributed by atoms with van der Waals surface area (Å²) in [5, 5.41) is 3.78. The van der Waals surface area contributed by atoms with Gasteiger partial charge in [0.2, 0.25) is 0 Å². The third-order valence-electron chi connectivity index (χ3n) is 9.48. The molecule has 0 saturated carbocycles. The quantitative estimate of drug-likeness (QED) is 0.0797. The fourth-order valence-corrected chi connectivity index (χ4v) is 21.9. The molecule has 0 radical (unpaired) electrons. The normalized spacial score (nSPS) is 14.2. The summed E-state index contributed by atoms with van der Waals surface area (Å²) < 4.78 is 1.83. The zero-order valence-corrected chi connectivity index (χ0v) is 33.0. The molecule has 0 aromatic carbocycles. The van der Waals surface area contributed by atoms with Crippen LogP contribution in [0.5, 0.6) is 0 Å². The minimum atomic E-state index is -2.08. The molecule has 228 valence electrons. The number of aryl methyl sites for hydroxylation is 1. The summed E-state index contributed by atoms with van der Waals surface area (Å²) in [7, 11) is -1.64. The van der Waals surface area contributed by atoms with E-state index in [0.29, 0.717) is 0 Å². The zero-order valence-electron chi connectivity index (χ0n) is 27.5. The van der Waals surface area contributed by atoms with Gasteiger partial charge in [-0.25, -0.2) is 0 Å². The second-order valence-corrected chi connectivity index (χ2v) is 36.1. The van der Waals surface area contributed by atoms with Crippen molar-refractivity contribution >= 4 is 62.4 Å². The van der Waals surface area contributed by atoms with Crippen molar-refractivity contribution in [3.05, 3.63) is 17.0 Å². The molecule has 2 aromatic rings. The van der Waals surface area contributed by atoms with E-state index >= 15 is 0 Å². The number of fused-ring (bicyclic) bond motifs is 3. The van der Waals surface area contributed by atoms with Crippen molar-refractivity contribution in [1.82, 2.24) is 0 Å². The van der Waals surface area contributed by atoms with Gasteiger partial charge in [0, 0.05) is 0 Å². The van der Waals surface area contributed by atoms with Gasteiger partial charge >= 0.3 is 213 Å². The van der Waals surface area contributed by atoms with Crippen LogP contribution in [0.1, 0.15) is 147 Å².